The molecule has 0 saturated heterocycles. The zero-order valence-corrected chi connectivity index (χ0v) is 31.3. The van der Waals surface area contributed by atoms with E-state index in [1.165, 1.54) is 23.5 Å². The summed E-state index contributed by atoms with van der Waals surface area (Å²) >= 11 is 0. The molecule has 249 valence electrons. The molecule has 3 nitrogen and oxygen atoms in total. The van der Waals surface area contributed by atoms with Gasteiger partial charge >= 0.3 is 0 Å². The molecule has 1 radical (unpaired) electrons. The fourth-order valence-corrected chi connectivity index (χ4v) is 7.03. The van der Waals surface area contributed by atoms with Gasteiger partial charge in [0.2, 0.25) is 0 Å². The van der Waals surface area contributed by atoms with Crippen molar-refractivity contribution in [2.24, 2.45) is 0 Å². The first-order chi connectivity index (χ1) is 26.2. The summed E-state index contributed by atoms with van der Waals surface area (Å²) in [5, 5.41) is 3.61. The van der Waals surface area contributed by atoms with Crippen LogP contribution in [0.2, 0.25) is 19.6 Å². The number of hydrogen-bond acceptors (Lipinski definition) is 3. The summed E-state index contributed by atoms with van der Waals surface area (Å²) in [5.74, 6) is 0. The minimum atomic E-state index is -2.27. The van der Waals surface area contributed by atoms with Crippen LogP contribution in [0.1, 0.15) is 19.4 Å². The fraction of sp³-hybridized carbons (Fsp3) is 0.111. The number of fused-ring (bicyclic) bond motifs is 3. The molecule has 0 atom stereocenters. The number of para-hydroxylation sites is 1. The zero-order valence-electron chi connectivity index (χ0n) is 33.9. The largest absolute Gasteiger partial charge is 0.500 e. The van der Waals surface area contributed by atoms with Crippen molar-refractivity contribution in [3.63, 3.8) is 0 Å². The van der Waals surface area contributed by atoms with Crippen LogP contribution in [0.4, 0.5) is 0 Å². The Hall–Kier alpha value is -4.93. The maximum atomic E-state index is 7.77. The molecule has 0 unspecified atom stereocenters. The van der Waals surface area contributed by atoms with E-state index in [0.29, 0.717) is 16.8 Å². The normalized spacial score (nSPS) is 13.4. The van der Waals surface area contributed by atoms with Crippen LogP contribution >= 0.6 is 0 Å². The molecule has 0 amide bonds. The molecule has 5 aromatic carbocycles. The molecule has 8 aromatic rings. The van der Waals surface area contributed by atoms with Crippen LogP contribution < -0.4 is 5.19 Å². The zero-order chi connectivity index (χ0) is 39.0. The topological polar surface area (TPSA) is 38.9 Å². The van der Waals surface area contributed by atoms with Crippen LogP contribution in [0, 0.1) is 25.8 Å². The molecule has 0 spiro atoms. The number of pyridine rings is 2. The van der Waals surface area contributed by atoms with Crippen molar-refractivity contribution >= 4 is 35.2 Å². The number of benzene rings is 5. The predicted molar refractivity (Wildman–Crippen MR) is 208 cm³/mol. The van der Waals surface area contributed by atoms with E-state index in [-0.39, 0.29) is 31.2 Å². The molecular formula is C45H38IrN2OSi-2. The van der Waals surface area contributed by atoms with Crippen molar-refractivity contribution in [1.29, 1.82) is 0 Å². The van der Waals surface area contributed by atoms with Crippen molar-refractivity contribution in [1.82, 2.24) is 9.97 Å². The van der Waals surface area contributed by atoms with Crippen LogP contribution in [-0.2, 0) is 20.1 Å². The van der Waals surface area contributed by atoms with Gasteiger partial charge in [0, 0.05) is 51.7 Å². The van der Waals surface area contributed by atoms with E-state index >= 15 is 0 Å². The molecule has 50 heavy (non-hydrogen) atoms. The van der Waals surface area contributed by atoms with Gasteiger partial charge in [-0.05, 0) is 41.0 Å². The van der Waals surface area contributed by atoms with Crippen LogP contribution in [0.25, 0.3) is 66.7 Å². The first-order valence-corrected chi connectivity index (χ1v) is 19.7. The second-order valence-electron chi connectivity index (χ2n) is 12.9. The molecule has 0 aliphatic carbocycles. The van der Waals surface area contributed by atoms with E-state index < -0.39 is 21.8 Å². The van der Waals surface area contributed by atoms with E-state index in [0.717, 1.165) is 49.9 Å². The molecular weight excluding hydrogens is 805 g/mol. The number of furan rings is 1. The minimum absolute atomic E-state index is 0. The van der Waals surface area contributed by atoms with Gasteiger partial charge in [-0.3, -0.25) is 0 Å². The van der Waals surface area contributed by atoms with Gasteiger partial charge in [-0.2, -0.15) is 0 Å². The molecule has 3 heterocycles. The maximum absolute atomic E-state index is 7.77. The van der Waals surface area contributed by atoms with E-state index in [1.54, 1.807) is 12.1 Å². The van der Waals surface area contributed by atoms with Gasteiger partial charge in [0.15, 0.2) is 0 Å². The summed E-state index contributed by atoms with van der Waals surface area (Å²) in [6, 6.07) is 47.0. The van der Waals surface area contributed by atoms with Gasteiger partial charge in [0.05, 0.1) is 13.7 Å². The Kier molecular flexibility index (Phi) is 8.30. The predicted octanol–water partition coefficient (Wildman–Crippen LogP) is 11.5. The first kappa shape index (κ1) is 27.8. The van der Waals surface area contributed by atoms with E-state index in [9.17, 15) is 0 Å². The molecule has 5 heteroatoms. The maximum Gasteiger partial charge on any atom is 0.128 e. The van der Waals surface area contributed by atoms with Crippen molar-refractivity contribution in [2.45, 2.75) is 33.3 Å². The van der Waals surface area contributed by atoms with Gasteiger partial charge in [-0.15, -0.1) is 47.5 Å². The van der Waals surface area contributed by atoms with Crippen LogP contribution in [0.5, 0.6) is 0 Å². The average Bonchev–Trinajstić information content (AvgIpc) is 3.57. The fourth-order valence-electron chi connectivity index (χ4n) is 5.88. The summed E-state index contributed by atoms with van der Waals surface area (Å²) in [6.07, 6.45) is 3.23. The Bertz CT molecular complexity index is 2600. The van der Waals surface area contributed by atoms with Gasteiger partial charge < -0.3 is 14.4 Å². The molecule has 8 rings (SSSR count). The number of nitrogens with zero attached hydrogens (tertiary/aromatic N) is 2. The Morgan fingerprint density at radius 1 is 0.660 bits per heavy atom. The van der Waals surface area contributed by atoms with Crippen LogP contribution in [0.15, 0.2) is 144 Å². The molecule has 0 bridgehead atoms. The van der Waals surface area contributed by atoms with Crippen LogP contribution in [-0.4, -0.2) is 18.0 Å². The van der Waals surface area contributed by atoms with Crippen molar-refractivity contribution in [3.8, 4) is 44.8 Å². The molecule has 0 aliphatic heterocycles. The number of rotatable bonds is 5. The van der Waals surface area contributed by atoms with E-state index in [1.807, 2.05) is 48.7 Å². The third-order valence-corrected chi connectivity index (χ3v) is 10.5. The summed E-state index contributed by atoms with van der Waals surface area (Å²) < 4.78 is 52.0. The van der Waals surface area contributed by atoms with Gasteiger partial charge in [-0.25, -0.2) is 0 Å². The number of aromatic nitrogens is 2. The second kappa shape index (κ2) is 14.9. The molecule has 0 fully saturated rings. The van der Waals surface area contributed by atoms with E-state index in [4.69, 9.17) is 12.6 Å². The second-order valence-corrected chi connectivity index (χ2v) is 18.0. The number of hydrogen-bond donors (Lipinski definition) is 0. The quantitative estimate of drug-likeness (QED) is 0.128. The third-order valence-electron chi connectivity index (χ3n) is 8.50. The Labute approximate surface area is 317 Å². The summed E-state index contributed by atoms with van der Waals surface area (Å²) in [7, 11) is -1.43. The Balaban J connectivity index is 0.000000188. The smallest absolute Gasteiger partial charge is 0.128 e. The van der Waals surface area contributed by atoms with Gasteiger partial charge in [0.1, 0.15) is 5.58 Å². The van der Waals surface area contributed by atoms with Gasteiger partial charge in [-0.1, -0.05) is 145 Å². The average molecular weight is 849 g/mol. The van der Waals surface area contributed by atoms with E-state index in [2.05, 4.69) is 102 Å². The summed E-state index contributed by atoms with van der Waals surface area (Å²) in [5.41, 5.74) is 8.76. The third kappa shape index (κ3) is 7.32. The molecule has 3 aromatic heterocycles. The Morgan fingerprint density at radius 2 is 1.40 bits per heavy atom. The van der Waals surface area contributed by atoms with Gasteiger partial charge in [0.25, 0.3) is 0 Å². The van der Waals surface area contributed by atoms with Crippen molar-refractivity contribution in [2.75, 3.05) is 0 Å². The SMILES string of the molecule is C[Si](C)(C)c1ccnc(-c2[c-]ccc3c2oc2c(-c4ccccc4)cccc23)c1.[2H]C([2H])([2H])c1ccc(-c2[c-]cc(C([2H])([2H])[2H])c(-c3ccccc3)c2)nc1.[Ir]. The molecule has 0 N–H and O–H groups in total. The first-order valence-electron chi connectivity index (χ1n) is 19.2. The van der Waals surface area contributed by atoms with Crippen molar-refractivity contribution in [3.05, 3.63) is 163 Å². The number of aryl methyl sites for hydroxylation is 2. The van der Waals surface area contributed by atoms with Crippen LogP contribution in [0.3, 0.4) is 0 Å². The monoisotopic (exact) mass is 849 g/mol. The minimum Gasteiger partial charge on any atom is -0.500 e. The summed E-state index contributed by atoms with van der Waals surface area (Å²) in [6.45, 7) is 2.57. The molecule has 0 saturated carbocycles. The summed E-state index contributed by atoms with van der Waals surface area (Å²) in [4.78, 5) is 8.87. The standard InChI is InChI=1S/C26H22NOSi.C19H16N.Ir/c1-29(2,3)19-15-16-27-24(17-19)23-14-8-13-22-21-12-7-11-20(25(21)28-26(22)23)18-9-5-4-6-10-18;1-14-8-11-19(20-13-14)17-10-9-15(2)18(12-17)16-6-4-3-5-7-16;/h4-13,15-17H,1-3H3;3-9,11-13H,1-2H3;/q2*-1;/i;1D3,2D3;. The Morgan fingerprint density at radius 3 is 2.08 bits per heavy atom. The van der Waals surface area contributed by atoms with Crippen molar-refractivity contribution < 1.29 is 32.7 Å². The molecule has 0 aliphatic rings.